The fourth-order valence-electron chi connectivity index (χ4n) is 3.39. The average Bonchev–Trinajstić information content (AvgIpc) is 3.14. The first kappa shape index (κ1) is 14.1. The van der Waals surface area contributed by atoms with Gasteiger partial charge in [-0.3, -0.25) is 4.79 Å². The molecule has 5 rings (SSSR count). The minimum absolute atomic E-state index is 0.0709. The fraction of sp³-hybridized carbons (Fsp3) is 0.412. The summed E-state index contributed by atoms with van der Waals surface area (Å²) in [5, 5.41) is 1.59. The van der Waals surface area contributed by atoms with Gasteiger partial charge >= 0.3 is 0 Å². The van der Waals surface area contributed by atoms with Crippen LogP contribution in [0.4, 0.5) is 5.13 Å². The Hall–Kier alpha value is -2.28. The zero-order chi connectivity index (χ0) is 16.1. The van der Waals surface area contributed by atoms with Crippen LogP contribution in [0.5, 0.6) is 0 Å². The summed E-state index contributed by atoms with van der Waals surface area (Å²) in [4.78, 5) is 27.0. The third-order valence-electron chi connectivity index (χ3n) is 4.82. The van der Waals surface area contributed by atoms with Crippen LogP contribution >= 0.6 is 11.5 Å². The molecule has 3 aromatic rings. The number of benzene rings is 1. The van der Waals surface area contributed by atoms with Crippen LogP contribution in [-0.4, -0.2) is 25.9 Å². The van der Waals surface area contributed by atoms with Gasteiger partial charge in [-0.2, -0.15) is 4.37 Å². The van der Waals surface area contributed by atoms with Crippen molar-refractivity contribution in [1.29, 1.82) is 0 Å². The molecule has 24 heavy (non-hydrogen) atoms. The zero-order valence-electron chi connectivity index (χ0n) is 13.1. The second-order valence-electron chi connectivity index (χ2n) is 6.53. The SMILES string of the molecule is O=c1[nH]c(C2CCCN2c2nc(C3CC3)ns2)nc2ccccc12. The van der Waals surface area contributed by atoms with Crippen LogP contribution in [0.3, 0.4) is 0 Å². The molecule has 6 nitrogen and oxygen atoms in total. The predicted molar refractivity (Wildman–Crippen MR) is 93.6 cm³/mol. The number of rotatable bonds is 3. The fourth-order valence-corrected chi connectivity index (χ4v) is 4.22. The maximum Gasteiger partial charge on any atom is 0.258 e. The lowest BCUT2D eigenvalue weighted by Crippen LogP contribution is -2.26. The molecule has 2 aliphatic rings. The summed E-state index contributed by atoms with van der Waals surface area (Å²) < 4.78 is 4.51. The monoisotopic (exact) mass is 339 g/mol. The molecule has 1 aliphatic carbocycles. The lowest BCUT2D eigenvalue weighted by atomic mass is 10.2. The Bertz CT molecular complexity index is 961. The summed E-state index contributed by atoms with van der Waals surface area (Å²) in [5.41, 5.74) is 0.678. The van der Waals surface area contributed by atoms with Gasteiger partial charge in [-0.15, -0.1) is 0 Å². The first-order valence-corrected chi connectivity index (χ1v) is 9.16. The average molecular weight is 339 g/mol. The summed E-state index contributed by atoms with van der Waals surface area (Å²) in [7, 11) is 0. The normalized spacial score (nSPS) is 20.8. The van der Waals surface area contributed by atoms with Crippen molar-refractivity contribution in [3.8, 4) is 0 Å². The summed E-state index contributed by atoms with van der Waals surface area (Å²) >= 11 is 1.47. The molecule has 1 aliphatic heterocycles. The maximum absolute atomic E-state index is 12.4. The number of para-hydroxylation sites is 1. The van der Waals surface area contributed by atoms with Crippen LogP contribution < -0.4 is 10.5 Å². The molecule has 2 aromatic heterocycles. The first-order chi connectivity index (χ1) is 11.8. The van der Waals surface area contributed by atoms with Crippen LogP contribution in [0.25, 0.3) is 10.9 Å². The smallest absolute Gasteiger partial charge is 0.258 e. The lowest BCUT2D eigenvalue weighted by Gasteiger charge is -2.22. The molecule has 1 unspecified atom stereocenters. The molecule has 0 radical (unpaired) electrons. The Balaban J connectivity index is 1.53. The van der Waals surface area contributed by atoms with Gasteiger partial charge in [0.2, 0.25) is 5.13 Å². The Morgan fingerprint density at radius 2 is 2.04 bits per heavy atom. The molecular formula is C17H17N5OS. The van der Waals surface area contributed by atoms with Crippen molar-refractivity contribution in [2.75, 3.05) is 11.4 Å². The van der Waals surface area contributed by atoms with Gasteiger partial charge in [0.05, 0.1) is 16.9 Å². The third-order valence-corrected chi connectivity index (χ3v) is 5.59. The van der Waals surface area contributed by atoms with Gasteiger partial charge in [0.15, 0.2) is 0 Å². The van der Waals surface area contributed by atoms with Crippen LogP contribution in [0, 0.1) is 0 Å². The molecule has 7 heteroatoms. The number of nitrogens with zero attached hydrogens (tertiary/aromatic N) is 4. The molecule has 122 valence electrons. The van der Waals surface area contributed by atoms with Gasteiger partial charge in [-0.05, 0) is 37.8 Å². The van der Waals surface area contributed by atoms with E-state index < -0.39 is 0 Å². The van der Waals surface area contributed by atoms with Crippen molar-refractivity contribution in [3.05, 3.63) is 46.3 Å². The minimum Gasteiger partial charge on any atom is -0.337 e. The Labute approximate surface area is 142 Å². The second-order valence-corrected chi connectivity index (χ2v) is 7.26. The lowest BCUT2D eigenvalue weighted by molar-refractivity contribution is 0.665. The van der Waals surface area contributed by atoms with Gasteiger partial charge < -0.3 is 9.88 Å². The first-order valence-electron chi connectivity index (χ1n) is 8.39. The van der Waals surface area contributed by atoms with Gasteiger partial charge in [0.25, 0.3) is 5.56 Å². The van der Waals surface area contributed by atoms with E-state index in [4.69, 9.17) is 9.97 Å². The van der Waals surface area contributed by atoms with Crippen molar-refractivity contribution < 1.29 is 0 Å². The zero-order valence-corrected chi connectivity index (χ0v) is 13.9. The van der Waals surface area contributed by atoms with Crippen LogP contribution in [0.1, 0.15) is 49.3 Å². The molecule has 0 amide bonds. The van der Waals surface area contributed by atoms with E-state index in [2.05, 4.69) is 14.3 Å². The summed E-state index contributed by atoms with van der Waals surface area (Å²) in [6.45, 7) is 0.931. The number of H-pyrrole nitrogens is 1. The van der Waals surface area contributed by atoms with E-state index in [0.717, 1.165) is 41.7 Å². The molecular weight excluding hydrogens is 322 g/mol. The number of fused-ring (bicyclic) bond motifs is 1. The standard InChI is InChI=1S/C17H17N5OS/c23-16-11-4-1-2-5-12(11)18-15(19-16)13-6-3-9-22(13)17-20-14(21-24-17)10-7-8-10/h1-2,4-5,10,13H,3,6-9H2,(H,18,19,23). The molecule has 0 bridgehead atoms. The van der Waals surface area contributed by atoms with E-state index in [1.54, 1.807) is 0 Å². The highest BCUT2D eigenvalue weighted by atomic mass is 32.1. The van der Waals surface area contributed by atoms with E-state index in [0.29, 0.717) is 11.3 Å². The number of anilines is 1. The van der Waals surface area contributed by atoms with Crippen molar-refractivity contribution >= 4 is 27.6 Å². The van der Waals surface area contributed by atoms with Crippen LogP contribution in [-0.2, 0) is 0 Å². The van der Waals surface area contributed by atoms with Gasteiger partial charge in [0.1, 0.15) is 11.6 Å². The molecule has 1 saturated heterocycles. The van der Waals surface area contributed by atoms with Gasteiger partial charge in [-0.25, -0.2) is 9.97 Å². The maximum atomic E-state index is 12.4. The third kappa shape index (κ3) is 2.31. The summed E-state index contributed by atoms with van der Waals surface area (Å²) in [6.07, 6.45) is 4.46. The highest BCUT2D eigenvalue weighted by Crippen LogP contribution is 2.41. The summed E-state index contributed by atoms with van der Waals surface area (Å²) in [5.74, 6) is 2.29. The van der Waals surface area contributed by atoms with Crippen LogP contribution in [0.15, 0.2) is 29.1 Å². The highest BCUT2D eigenvalue weighted by Gasteiger charge is 2.33. The van der Waals surface area contributed by atoms with Crippen molar-refractivity contribution in [2.45, 2.75) is 37.6 Å². The quantitative estimate of drug-likeness (QED) is 0.794. The van der Waals surface area contributed by atoms with E-state index in [1.807, 2.05) is 24.3 Å². The number of aromatic nitrogens is 4. The van der Waals surface area contributed by atoms with Crippen LogP contribution in [0.2, 0.25) is 0 Å². The Morgan fingerprint density at radius 1 is 1.17 bits per heavy atom. The molecule has 1 N–H and O–H groups in total. The number of aromatic amines is 1. The van der Waals surface area contributed by atoms with Crippen molar-refractivity contribution in [3.63, 3.8) is 0 Å². The summed E-state index contributed by atoms with van der Waals surface area (Å²) in [6, 6.07) is 7.55. The number of hydrogen-bond acceptors (Lipinski definition) is 6. The highest BCUT2D eigenvalue weighted by molar-refractivity contribution is 7.09. The molecule has 1 aromatic carbocycles. The van der Waals surface area contributed by atoms with E-state index >= 15 is 0 Å². The Morgan fingerprint density at radius 3 is 2.92 bits per heavy atom. The Kier molecular flexibility index (Phi) is 3.16. The molecule has 1 atom stereocenters. The number of hydrogen-bond donors (Lipinski definition) is 1. The van der Waals surface area contributed by atoms with Gasteiger partial charge in [0, 0.05) is 24.0 Å². The van der Waals surface area contributed by atoms with E-state index in [-0.39, 0.29) is 11.6 Å². The van der Waals surface area contributed by atoms with E-state index in [9.17, 15) is 4.79 Å². The van der Waals surface area contributed by atoms with Gasteiger partial charge in [-0.1, -0.05) is 12.1 Å². The van der Waals surface area contributed by atoms with Crippen molar-refractivity contribution in [1.82, 2.24) is 19.3 Å². The minimum atomic E-state index is -0.0709. The van der Waals surface area contributed by atoms with E-state index in [1.165, 1.54) is 24.4 Å². The molecule has 0 spiro atoms. The molecule has 1 saturated carbocycles. The molecule has 2 fully saturated rings. The second kappa shape index (κ2) is 5.37. The number of nitrogens with one attached hydrogen (secondary N) is 1. The topological polar surface area (TPSA) is 74.8 Å². The largest absolute Gasteiger partial charge is 0.337 e. The predicted octanol–water partition coefficient (Wildman–Crippen LogP) is 2.99. The van der Waals surface area contributed by atoms with Crippen molar-refractivity contribution in [2.24, 2.45) is 0 Å². The molecule has 3 heterocycles.